The molecule has 1 aliphatic heterocycles. The van der Waals surface area contributed by atoms with E-state index in [2.05, 4.69) is 0 Å². The molecule has 52 valence electrons. The summed E-state index contributed by atoms with van der Waals surface area (Å²) in [5, 5.41) is 8.41. The highest BCUT2D eigenvalue weighted by atomic mass is 32.2. The molecule has 0 aromatic rings. The minimum atomic E-state index is -0.940. The summed E-state index contributed by atoms with van der Waals surface area (Å²) in [6.45, 7) is 2.28. The molecular formula is C4H7NO3S. The van der Waals surface area contributed by atoms with Crippen molar-refractivity contribution < 1.29 is 14.1 Å². The fourth-order valence-corrected chi connectivity index (χ4v) is 1.19. The van der Waals surface area contributed by atoms with Gasteiger partial charge in [-0.1, -0.05) is 0 Å². The van der Waals surface area contributed by atoms with Gasteiger partial charge in [-0.25, -0.2) is 9.10 Å². The first-order valence-electron chi connectivity index (χ1n) is 2.53. The van der Waals surface area contributed by atoms with Crippen LogP contribution in [0.2, 0.25) is 0 Å². The molecule has 5 heteroatoms. The molecular weight excluding hydrogens is 142 g/mol. The summed E-state index contributed by atoms with van der Waals surface area (Å²) in [6, 6.07) is -0.0208. The summed E-state index contributed by atoms with van der Waals surface area (Å²) in [5.74, 6) is 0. The maximum Gasteiger partial charge on any atom is 0.419 e. The van der Waals surface area contributed by atoms with Crippen molar-refractivity contribution in [2.45, 2.75) is 13.0 Å². The van der Waals surface area contributed by atoms with Gasteiger partial charge in [-0.3, -0.25) is 4.18 Å². The van der Waals surface area contributed by atoms with Crippen LogP contribution in [0.25, 0.3) is 0 Å². The topological polar surface area (TPSA) is 49.8 Å². The Morgan fingerprint density at radius 3 is 2.89 bits per heavy atom. The van der Waals surface area contributed by atoms with Crippen LogP contribution in [-0.2, 0) is 4.18 Å². The van der Waals surface area contributed by atoms with E-state index in [1.807, 2.05) is 0 Å². The van der Waals surface area contributed by atoms with Crippen LogP contribution in [0.3, 0.4) is 0 Å². The first-order valence-corrected chi connectivity index (χ1v) is 3.23. The second-order valence-corrected chi connectivity index (χ2v) is 2.59. The van der Waals surface area contributed by atoms with Crippen LogP contribution in [0.15, 0.2) is 0 Å². The molecule has 4 nitrogen and oxygen atoms in total. The van der Waals surface area contributed by atoms with E-state index in [1.165, 1.54) is 4.31 Å². The fraction of sp³-hybridized carbons (Fsp3) is 0.750. The third kappa shape index (κ3) is 1.28. The van der Waals surface area contributed by atoms with Gasteiger partial charge in [0.15, 0.2) is 0 Å². The Morgan fingerprint density at radius 2 is 2.67 bits per heavy atom. The van der Waals surface area contributed by atoms with E-state index >= 15 is 0 Å². The van der Waals surface area contributed by atoms with Gasteiger partial charge < -0.3 is 5.11 Å². The molecule has 0 aliphatic carbocycles. The van der Waals surface area contributed by atoms with Crippen LogP contribution in [0.5, 0.6) is 0 Å². The number of carbonyl (C=O) groups is 1. The van der Waals surface area contributed by atoms with Gasteiger partial charge in [-0.05, 0) is 6.92 Å². The van der Waals surface area contributed by atoms with Crippen LogP contribution in [-0.4, -0.2) is 28.2 Å². The second-order valence-electron chi connectivity index (χ2n) is 1.82. The summed E-state index contributed by atoms with van der Waals surface area (Å²) in [4.78, 5) is 10.2. The van der Waals surface area contributed by atoms with Gasteiger partial charge in [0.1, 0.15) is 12.2 Å². The van der Waals surface area contributed by atoms with Crippen molar-refractivity contribution in [2.24, 2.45) is 0 Å². The SMILES string of the molecule is CC1COSN1C(=O)O. The van der Waals surface area contributed by atoms with E-state index in [0.717, 1.165) is 12.2 Å². The lowest BCUT2D eigenvalue weighted by Gasteiger charge is -2.10. The maximum absolute atomic E-state index is 10.2. The predicted octanol–water partition coefficient (Wildman–Crippen LogP) is 0.948. The Bertz CT molecular complexity index is 129. The minimum Gasteiger partial charge on any atom is -0.464 e. The Balaban J connectivity index is 2.49. The molecule has 1 heterocycles. The molecule has 1 amide bonds. The Hall–Kier alpha value is -0.420. The summed E-state index contributed by atoms with van der Waals surface area (Å²) >= 11 is 0.892. The molecule has 1 atom stereocenters. The van der Waals surface area contributed by atoms with Crippen LogP contribution in [0.1, 0.15) is 6.92 Å². The largest absolute Gasteiger partial charge is 0.464 e. The molecule has 0 saturated carbocycles. The number of nitrogens with zero attached hydrogens (tertiary/aromatic N) is 1. The number of hydrogen-bond donors (Lipinski definition) is 1. The normalized spacial score (nSPS) is 26.8. The van der Waals surface area contributed by atoms with Crippen molar-refractivity contribution in [1.29, 1.82) is 0 Å². The molecule has 0 radical (unpaired) electrons. The molecule has 0 bridgehead atoms. The highest BCUT2D eigenvalue weighted by molar-refractivity contribution is 7.93. The summed E-state index contributed by atoms with van der Waals surface area (Å²) in [5.41, 5.74) is 0. The number of amides is 1. The lowest BCUT2D eigenvalue weighted by Crippen LogP contribution is -2.28. The third-order valence-electron chi connectivity index (χ3n) is 1.03. The lowest BCUT2D eigenvalue weighted by atomic mass is 10.4. The average Bonchev–Trinajstić information content (AvgIpc) is 2.13. The number of rotatable bonds is 0. The highest BCUT2D eigenvalue weighted by Crippen LogP contribution is 2.23. The number of hydrogen-bond acceptors (Lipinski definition) is 3. The fourth-order valence-electron chi connectivity index (χ4n) is 0.547. The van der Waals surface area contributed by atoms with E-state index in [-0.39, 0.29) is 6.04 Å². The van der Waals surface area contributed by atoms with Gasteiger partial charge in [-0.15, -0.1) is 0 Å². The van der Waals surface area contributed by atoms with Crippen molar-refractivity contribution in [3.8, 4) is 0 Å². The first-order chi connectivity index (χ1) is 4.22. The molecule has 1 rings (SSSR count). The summed E-state index contributed by atoms with van der Waals surface area (Å²) in [7, 11) is 0. The average molecular weight is 149 g/mol. The molecule has 1 fully saturated rings. The summed E-state index contributed by atoms with van der Waals surface area (Å²) < 4.78 is 5.97. The van der Waals surface area contributed by atoms with Gasteiger partial charge in [0.25, 0.3) is 0 Å². The predicted molar refractivity (Wildman–Crippen MR) is 32.9 cm³/mol. The zero-order chi connectivity index (χ0) is 6.85. The third-order valence-corrected chi connectivity index (χ3v) is 1.95. The monoisotopic (exact) mass is 149 g/mol. The van der Waals surface area contributed by atoms with Crippen LogP contribution < -0.4 is 0 Å². The van der Waals surface area contributed by atoms with Crippen LogP contribution >= 0.6 is 12.2 Å². The van der Waals surface area contributed by atoms with E-state index < -0.39 is 6.09 Å². The van der Waals surface area contributed by atoms with Crippen LogP contribution in [0.4, 0.5) is 4.79 Å². The Morgan fingerprint density at radius 1 is 2.00 bits per heavy atom. The molecule has 1 aliphatic rings. The standard InChI is InChI=1S/C4H7NO3S/c1-3-2-8-9-5(3)4(6)7/h3H,2H2,1H3,(H,6,7). The molecule has 1 saturated heterocycles. The Labute approximate surface area is 57.1 Å². The quantitative estimate of drug-likeness (QED) is 0.411. The number of carboxylic acid groups (broad SMARTS) is 1. The van der Waals surface area contributed by atoms with Gasteiger partial charge in [0, 0.05) is 0 Å². The van der Waals surface area contributed by atoms with E-state index in [1.54, 1.807) is 6.92 Å². The maximum atomic E-state index is 10.2. The zero-order valence-corrected chi connectivity index (χ0v) is 5.72. The van der Waals surface area contributed by atoms with E-state index in [9.17, 15) is 4.79 Å². The van der Waals surface area contributed by atoms with Gasteiger partial charge in [-0.2, -0.15) is 0 Å². The first kappa shape index (κ1) is 6.70. The molecule has 0 aromatic carbocycles. The highest BCUT2D eigenvalue weighted by Gasteiger charge is 2.27. The summed E-state index contributed by atoms with van der Waals surface area (Å²) in [6.07, 6.45) is -0.940. The van der Waals surface area contributed by atoms with Crippen molar-refractivity contribution in [2.75, 3.05) is 6.61 Å². The minimum absolute atomic E-state index is 0.0208. The van der Waals surface area contributed by atoms with Crippen molar-refractivity contribution in [1.82, 2.24) is 4.31 Å². The van der Waals surface area contributed by atoms with E-state index in [0.29, 0.717) is 6.61 Å². The van der Waals surface area contributed by atoms with E-state index in [4.69, 9.17) is 9.29 Å². The second kappa shape index (κ2) is 2.45. The van der Waals surface area contributed by atoms with Gasteiger partial charge >= 0.3 is 6.09 Å². The van der Waals surface area contributed by atoms with Crippen molar-refractivity contribution in [3.05, 3.63) is 0 Å². The molecule has 0 spiro atoms. The smallest absolute Gasteiger partial charge is 0.419 e. The molecule has 9 heavy (non-hydrogen) atoms. The molecule has 1 N–H and O–H groups in total. The molecule has 1 unspecified atom stereocenters. The zero-order valence-electron chi connectivity index (χ0n) is 4.90. The van der Waals surface area contributed by atoms with Crippen LogP contribution in [0, 0.1) is 0 Å². The lowest BCUT2D eigenvalue weighted by molar-refractivity contribution is 0.168. The van der Waals surface area contributed by atoms with Crippen molar-refractivity contribution in [3.63, 3.8) is 0 Å². The van der Waals surface area contributed by atoms with Gasteiger partial charge in [0.05, 0.1) is 12.6 Å². The Kier molecular flexibility index (Phi) is 1.82. The van der Waals surface area contributed by atoms with Gasteiger partial charge in [0.2, 0.25) is 0 Å². The molecule has 0 aromatic heterocycles. The van der Waals surface area contributed by atoms with Crippen molar-refractivity contribution >= 4 is 18.3 Å².